The Hall–Kier alpha value is 0.310. The fraction of sp³-hybridized carbons (Fsp3) is 1.00. The maximum atomic E-state index is 5.81. The number of ether oxygens (including phenoxy) is 1. The van der Waals surface area contributed by atoms with Crippen molar-refractivity contribution in [2.24, 2.45) is 0 Å². The van der Waals surface area contributed by atoms with E-state index in [0.717, 1.165) is 6.61 Å². The molecular weight excluding hydrogens is 324 g/mol. The summed E-state index contributed by atoms with van der Waals surface area (Å²) in [4.78, 5) is 0. The SMILES string of the molecule is CCCCCCCC[S+](C)CCCCCCCCCC1CCCCO1. The summed E-state index contributed by atoms with van der Waals surface area (Å²) >= 11 is 0. The van der Waals surface area contributed by atoms with Crippen molar-refractivity contribution in [3.8, 4) is 0 Å². The van der Waals surface area contributed by atoms with Gasteiger partial charge in [0.2, 0.25) is 0 Å². The van der Waals surface area contributed by atoms with Crippen molar-refractivity contribution >= 4 is 10.9 Å². The van der Waals surface area contributed by atoms with E-state index in [-0.39, 0.29) is 0 Å². The van der Waals surface area contributed by atoms with Crippen LogP contribution < -0.4 is 0 Å². The summed E-state index contributed by atoms with van der Waals surface area (Å²) in [5.41, 5.74) is 0. The van der Waals surface area contributed by atoms with Crippen LogP contribution in [-0.2, 0) is 15.6 Å². The Bertz CT molecular complexity index is 263. The lowest BCUT2D eigenvalue weighted by atomic mass is 10.0. The lowest BCUT2D eigenvalue weighted by Gasteiger charge is -2.22. The highest BCUT2D eigenvalue weighted by Crippen LogP contribution is 2.19. The van der Waals surface area contributed by atoms with E-state index in [0.29, 0.717) is 17.0 Å². The van der Waals surface area contributed by atoms with Crippen LogP contribution in [0.4, 0.5) is 0 Å². The average Bonchev–Trinajstić information content (AvgIpc) is 2.64. The molecule has 0 radical (unpaired) electrons. The minimum absolute atomic E-state index is 0.600. The first kappa shape index (κ1) is 23.3. The molecule has 1 saturated heterocycles. The molecule has 150 valence electrons. The number of rotatable bonds is 17. The molecule has 0 aromatic heterocycles. The molecule has 1 nitrogen and oxygen atoms in total. The zero-order chi connectivity index (χ0) is 18.0. The van der Waals surface area contributed by atoms with Crippen LogP contribution in [0.1, 0.15) is 116 Å². The van der Waals surface area contributed by atoms with Crippen LogP contribution in [0.2, 0.25) is 0 Å². The van der Waals surface area contributed by atoms with Gasteiger partial charge in [-0.25, -0.2) is 0 Å². The highest BCUT2D eigenvalue weighted by Gasteiger charge is 2.13. The summed E-state index contributed by atoms with van der Waals surface area (Å²) in [6.07, 6.45) is 27.2. The average molecular weight is 372 g/mol. The third-order valence-electron chi connectivity index (χ3n) is 5.64. The Balaban J connectivity index is 1.74. The van der Waals surface area contributed by atoms with Gasteiger partial charge in [0, 0.05) is 6.61 Å². The molecular formula is C23H47OS+. The Morgan fingerprint density at radius 2 is 1.28 bits per heavy atom. The van der Waals surface area contributed by atoms with Crippen LogP contribution >= 0.6 is 0 Å². The molecule has 0 amide bonds. The van der Waals surface area contributed by atoms with Crippen LogP contribution in [-0.4, -0.2) is 30.5 Å². The molecule has 0 saturated carbocycles. The molecule has 2 unspecified atom stereocenters. The van der Waals surface area contributed by atoms with Crippen molar-refractivity contribution in [3.05, 3.63) is 0 Å². The Morgan fingerprint density at radius 1 is 0.720 bits per heavy atom. The predicted octanol–water partition coefficient (Wildman–Crippen LogP) is 7.28. The van der Waals surface area contributed by atoms with Gasteiger partial charge in [-0.05, 0) is 62.3 Å². The van der Waals surface area contributed by atoms with Crippen molar-refractivity contribution in [3.63, 3.8) is 0 Å². The fourth-order valence-electron chi connectivity index (χ4n) is 3.87. The van der Waals surface area contributed by atoms with Gasteiger partial charge < -0.3 is 4.74 Å². The molecule has 1 aliphatic rings. The molecule has 25 heavy (non-hydrogen) atoms. The van der Waals surface area contributed by atoms with E-state index >= 15 is 0 Å². The molecule has 2 heteroatoms. The number of hydrogen-bond donors (Lipinski definition) is 0. The van der Waals surface area contributed by atoms with Gasteiger partial charge in [0.15, 0.2) is 0 Å². The van der Waals surface area contributed by atoms with Crippen molar-refractivity contribution in [2.75, 3.05) is 24.4 Å². The second-order valence-corrected chi connectivity index (χ2v) is 10.6. The van der Waals surface area contributed by atoms with Crippen molar-refractivity contribution in [1.29, 1.82) is 0 Å². The molecule has 0 bridgehead atoms. The summed E-state index contributed by atoms with van der Waals surface area (Å²) in [5, 5.41) is 0. The summed E-state index contributed by atoms with van der Waals surface area (Å²) in [5.74, 6) is 2.99. The van der Waals surface area contributed by atoms with Crippen molar-refractivity contribution < 1.29 is 4.74 Å². The van der Waals surface area contributed by atoms with E-state index in [1.807, 2.05) is 0 Å². The zero-order valence-electron chi connectivity index (χ0n) is 17.5. The smallest absolute Gasteiger partial charge is 0.107 e. The second-order valence-electron chi connectivity index (χ2n) is 8.21. The van der Waals surface area contributed by atoms with Gasteiger partial charge in [-0.15, -0.1) is 0 Å². The molecule has 1 aliphatic heterocycles. The summed E-state index contributed by atoms with van der Waals surface area (Å²) in [7, 11) is 0.696. The molecule has 1 heterocycles. The first-order chi connectivity index (χ1) is 12.3. The Morgan fingerprint density at radius 3 is 1.84 bits per heavy atom. The van der Waals surface area contributed by atoms with Gasteiger partial charge in [0.05, 0.1) is 12.4 Å². The molecule has 2 atom stereocenters. The second kappa shape index (κ2) is 17.7. The minimum Gasteiger partial charge on any atom is -0.378 e. The van der Waals surface area contributed by atoms with Gasteiger partial charge in [-0.1, -0.05) is 64.7 Å². The quantitative estimate of drug-likeness (QED) is 0.193. The third kappa shape index (κ3) is 15.1. The number of unbranched alkanes of at least 4 members (excludes halogenated alkanes) is 11. The van der Waals surface area contributed by atoms with E-state index in [9.17, 15) is 0 Å². The molecule has 1 fully saturated rings. The Kier molecular flexibility index (Phi) is 16.5. The standard InChI is InChI=1S/C23H47OS/c1-3-4-5-6-11-16-21-25(2)22-17-12-9-7-8-10-13-18-23-19-14-15-20-24-23/h23H,3-22H2,1-2H3/q+1. The van der Waals surface area contributed by atoms with E-state index in [4.69, 9.17) is 4.74 Å². The zero-order valence-corrected chi connectivity index (χ0v) is 18.4. The van der Waals surface area contributed by atoms with Gasteiger partial charge in [0.25, 0.3) is 0 Å². The normalized spacial score (nSPS) is 19.2. The molecule has 1 rings (SSSR count). The molecule has 0 N–H and O–H groups in total. The van der Waals surface area contributed by atoms with Gasteiger partial charge in [0.1, 0.15) is 11.5 Å². The van der Waals surface area contributed by atoms with Crippen molar-refractivity contribution in [1.82, 2.24) is 0 Å². The van der Waals surface area contributed by atoms with E-state index in [2.05, 4.69) is 13.2 Å². The molecule has 0 aromatic carbocycles. The first-order valence-electron chi connectivity index (χ1n) is 11.5. The lowest BCUT2D eigenvalue weighted by Crippen LogP contribution is -2.18. The Labute approximate surface area is 162 Å². The molecule has 0 aliphatic carbocycles. The maximum Gasteiger partial charge on any atom is 0.107 e. The summed E-state index contributed by atoms with van der Waals surface area (Å²) < 4.78 is 5.81. The minimum atomic E-state index is 0.600. The largest absolute Gasteiger partial charge is 0.378 e. The summed E-state index contributed by atoms with van der Waals surface area (Å²) in [6, 6.07) is 0. The molecule has 0 aromatic rings. The highest BCUT2D eigenvalue weighted by atomic mass is 32.2. The van der Waals surface area contributed by atoms with E-state index in [1.165, 1.54) is 121 Å². The van der Waals surface area contributed by atoms with Gasteiger partial charge in [-0.3, -0.25) is 0 Å². The highest BCUT2D eigenvalue weighted by molar-refractivity contribution is 7.96. The fourth-order valence-corrected chi connectivity index (χ4v) is 5.47. The predicted molar refractivity (Wildman–Crippen MR) is 117 cm³/mol. The maximum absolute atomic E-state index is 5.81. The van der Waals surface area contributed by atoms with Gasteiger partial charge in [-0.2, -0.15) is 0 Å². The lowest BCUT2D eigenvalue weighted by molar-refractivity contribution is 0.00977. The van der Waals surface area contributed by atoms with Crippen LogP contribution in [0.5, 0.6) is 0 Å². The van der Waals surface area contributed by atoms with Crippen molar-refractivity contribution in [2.45, 2.75) is 122 Å². The first-order valence-corrected chi connectivity index (χ1v) is 13.5. The van der Waals surface area contributed by atoms with Crippen LogP contribution in [0.3, 0.4) is 0 Å². The third-order valence-corrected chi connectivity index (χ3v) is 7.61. The van der Waals surface area contributed by atoms with E-state index in [1.54, 1.807) is 0 Å². The van der Waals surface area contributed by atoms with Crippen LogP contribution in [0, 0.1) is 0 Å². The monoisotopic (exact) mass is 371 g/mol. The topological polar surface area (TPSA) is 9.23 Å². The van der Waals surface area contributed by atoms with Crippen LogP contribution in [0.25, 0.3) is 0 Å². The van der Waals surface area contributed by atoms with Crippen LogP contribution in [0.15, 0.2) is 0 Å². The number of hydrogen-bond acceptors (Lipinski definition) is 1. The summed E-state index contributed by atoms with van der Waals surface area (Å²) in [6.45, 7) is 3.32. The van der Waals surface area contributed by atoms with E-state index < -0.39 is 0 Å². The van der Waals surface area contributed by atoms with Gasteiger partial charge >= 0.3 is 0 Å². The molecule has 0 spiro atoms.